The van der Waals surface area contributed by atoms with Crippen molar-refractivity contribution in [2.45, 2.75) is 31.5 Å². The summed E-state index contributed by atoms with van der Waals surface area (Å²) in [6.07, 6.45) is 2.57. The van der Waals surface area contributed by atoms with Gasteiger partial charge in [0, 0.05) is 37.4 Å². The van der Waals surface area contributed by atoms with E-state index in [4.69, 9.17) is 9.15 Å². The number of likely N-dealkylation sites (tertiary alicyclic amines) is 1. The summed E-state index contributed by atoms with van der Waals surface area (Å²) < 4.78 is 12.0. The Hall–Kier alpha value is -1.92. The van der Waals surface area contributed by atoms with Gasteiger partial charge in [-0.25, -0.2) is 4.98 Å². The summed E-state index contributed by atoms with van der Waals surface area (Å²) in [5.41, 5.74) is 2.02. The minimum Gasteiger partial charge on any atom is -0.441 e. The summed E-state index contributed by atoms with van der Waals surface area (Å²) in [7, 11) is 4.23. The number of amides is 1. The smallest absolute Gasteiger partial charge is 0.254 e. The summed E-state index contributed by atoms with van der Waals surface area (Å²) in [6, 6.07) is 5.54. The standard InChI is InChI=1S/C20H25N3O3/c1-12-21-16-5-4-13(8-18(16)25-12)19(24)23-10-15-14(9-22(2)3)17-6-7-20(15,11-23)26-17/h4-5,8,14-15,17H,6-7,9-11H2,1-3H3/t14-,15+,17+,20+/m1/s1. The van der Waals surface area contributed by atoms with Crippen LogP contribution in [0.5, 0.6) is 0 Å². The van der Waals surface area contributed by atoms with Gasteiger partial charge in [-0.1, -0.05) is 0 Å². The highest BCUT2D eigenvalue weighted by atomic mass is 16.5. The van der Waals surface area contributed by atoms with Crippen LogP contribution in [-0.4, -0.2) is 66.1 Å². The molecule has 6 heteroatoms. The summed E-state index contributed by atoms with van der Waals surface area (Å²) in [5.74, 6) is 1.66. The number of hydrogen-bond acceptors (Lipinski definition) is 5. The zero-order valence-corrected chi connectivity index (χ0v) is 15.6. The number of carbonyl (C=O) groups is 1. The van der Waals surface area contributed by atoms with Gasteiger partial charge in [0.05, 0.1) is 18.2 Å². The molecule has 3 aliphatic rings. The molecule has 4 heterocycles. The van der Waals surface area contributed by atoms with Gasteiger partial charge in [-0.2, -0.15) is 0 Å². The van der Waals surface area contributed by atoms with E-state index in [1.165, 1.54) is 0 Å². The zero-order chi connectivity index (χ0) is 18.1. The average Bonchev–Trinajstić information content (AvgIpc) is 3.32. The van der Waals surface area contributed by atoms with Crippen LogP contribution in [-0.2, 0) is 4.74 Å². The molecule has 0 radical (unpaired) electrons. The number of benzene rings is 1. The number of fused-ring (bicyclic) bond motifs is 2. The van der Waals surface area contributed by atoms with Crippen molar-refractivity contribution in [2.75, 3.05) is 33.7 Å². The van der Waals surface area contributed by atoms with Crippen molar-refractivity contribution in [1.82, 2.24) is 14.8 Å². The Morgan fingerprint density at radius 3 is 3.08 bits per heavy atom. The second-order valence-corrected chi connectivity index (χ2v) is 8.39. The van der Waals surface area contributed by atoms with Crippen molar-refractivity contribution in [1.29, 1.82) is 0 Å². The number of rotatable bonds is 3. The second-order valence-electron chi connectivity index (χ2n) is 8.39. The van der Waals surface area contributed by atoms with Gasteiger partial charge in [-0.15, -0.1) is 0 Å². The van der Waals surface area contributed by atoms with E-state index in [1.807, 2.05) is 30.0 Å². The minimum absolute atomic E-state index is 0.0698. The van der Waals surface area contributed by atoms with Crippen LogP contribution in [0.3, 0.4) is 0 Å². The number of aryl methyl sites for hydroxylation is 1. The van der Waals surface area contributed by atoms with Gasteiger partial charge in [-0.3, -0.25) is 4.79 Å². The molecular weight excluding hydrogens is 330 g/mol. The molecule has 1 amide bonds. The summed E-state index contributed by atoms with van der Waals surface area (Å²) in [5, 5.41) is 0. The Morgan fingerprint density at radius 2 is 2.27 bits per heavy atom. The fourth-order valence-corrected chi connectivity index (χ4v) is 5.37. The molecule has 5 rings (SSSR count). The quantitative estimate of drug-likeness (QED) is 0.846. The van der Waals surface area contributed by atoms with Gasteiger partial charge in [0.15, 0.2) is 11.5 Å². The Labute approximate surface area is 153 Å². The summed E-state index contributed by atoms with van der Waals surface area (Å²) in [4.78, 5) is 21.7. The molecule has 1 aromatic heterocycles. The molecule has 3 aliphatic heterocycles. The highest BCUT2D eigenvalue weighted by molar-refractivity contribution is 5.97. The van der Waals surface area contributed by atoms with E-state index >= 15 is 0 Å². The van der Waals surface area contributed by atoms with Gasteiger partial charge in [0.2, 0.25) is 0 Å². The van der Waals surface area contributed by atoms with Crippen LogP contribution in [0.15, 0.2) is 22.6 Å². The topological polar surface area (TPSA) is 58.8 Å². The van der Waals surface area contributed by atoms with Crippen molar-refractivity contribution < 1.29 is 13.9 Å². The maximum atomic E-state index is 13.1. The predicted molar refractivity (Wildman–Crippen MR) is 97.0 cm³/mol. The molecule has 1 aromatic carbocycles. The van der Waals surface area contributed by atoms with Crippen molar-refractivity contribution in [2.24, 2.45) is 11.8 Å². The van der Waals surface area contributed by atoms with Gasteiger partial charge in [-0.05, 0) is 45.1 Å². The molecule has 0 unspecified atom stereocenters. The molecule has 4 atom stereocenters. The first-order valence-corrected chi connectivity index (χ1v) is 9.44. The Morgan fingerprint density at radius 1 is 1.42 bits per heavy atom. The van der Waals surface area contributed by atoms with E-state index in [0.29, 0.717) is 41.5 Å². The third-order valence-electron chi connectivity index (χ3n) is 6.39. The van der Waals surface area contributed by atoms with Crippen LogP contribution in [0.4, 0.5) is 0 Å². The number of oxazole rings is 1. The second kappa shape index (κ2) is 5.54. The predicted octanol–water partition coefficient (Wildman–Crippen LogP) is 2.32. The third kappa shape index (κ3) is 2.32. The van der Waals surface area contributed by atoms with Crippen molar-refractivity contribution in [3.05, 3.63) is 29.7 Å². The van der Waals surface area contributed by atoms with E-state index in [2.05, 4.69) is 24.0 Å². The monoisotopic (exact) mass is 355 g/mol. The SMILES string of the molecule is Cc1nc2ccc(C(=O)N3C[C@H]4[C@@H](CN(C)C)[C@@H]5CC[C@@]4(C3)O5)cc2o1. The molecule has 6 nitrogen and oxygen atoms in total. The molecule has 2 bridgehead atoms. The zero-order valence-electron chi connectivity index (χ0n) is 15.6. The molecule has 138 valence electrons. The normalized spacial score (nSPS) is 32.8. The Balaban J connectivity index is 1.40. The van der Waals surface area contributed by atoms with E-state index in [0.717, 1.165) is 31.4 Å². The first-order valence-electron chi connectivity index (χ1n) is 9.44. The molecular formula is C20H25N3O3. The lowest BCUT2D eigenvalue weighted by molar-refractivity contribution is 0.00256. The van der Waals surface area contributed by atoms with Crippen molar-refractivity contribution >= 4 is 17.0 Å². The first kappa shape index (κ1) is 16.3. The van der Waals surface area contributed by atoms with E-state index in [9.17, 15) is 4.79 Å². The molecule has 2 aromatic rings. The molecule has 26 heavy (non-hydrogen) atoms. The molecule has 3 saturated heterocycles. The van der Waals surface area contributed by atoms with Crippen LogP contribution in [0, 0.1) is 18.8 Å². The lowest BCUT2D eigenvalue weighted by atomic mass is 9.73. The highest BCUT2D eigenvalue weighted by Crippen LogP contribution is 2.55. The van der Waals surface area contributed by atoms with Crippen molar-refractivity contribution in [3.8, 4) is 0 Å². The first-order chi connectivity index (χ1) is 12.4. The van der Waals surface area contributed by atoms with Crippen LogP contribution < -0.4 is 0 Å². The fraction of sp³-hybridized carbons (Fsp3) is 0.600. The number of carbonyl (C=O) groups excluding carboxylic acids is 1. The van der Waals surface area contributed by atoms with Gasteiger partial charge >= 0.3 is 0 Å². The van der Waals surface area contributed by atoms with Crippen LogP contribution >= 0.6 is 0 Å². The number of nitrogens with zero attached hydrogens (tertiary/aromatic N) is 3. The number of aromatic nitrogens is 1. The van der Waals surface area contributed by atoms with Crippen molar-refractivity contribution in [3.63, 3.8) is 0 Å². The maximum Gasteiger partial charge on any atom is 0.254 e. The number of ether oxygens (including phenoxy) is 1. The fourth-order valence-electron chi connectivity index (χ4n) is 5.37. The maximum absolute atomic E-state index is 13.1. The van der Waals surface area contributed by atoms with Crippen LogP contribution in [0.1, 0.15) is 29.1 Å². The van der Waals surface area contributed by atoms with Crippen LogP contribution in [0.2, 0.25) is 0 Å². The van der Waals surface area contributed by atoms with E-state index < -0.39 is 0 Å². The summed E-state index contributed by atoms with van der Waals surface area (Å²) >= 11 is 0. The Bertz CT molecular complexity index is 876. The van der Waals surface area contributed by atoms with Gasteiger partial charge in [0.25, 0.3) is 5.91 Å². The highest BCUT2D eigenvalue weighted by Gasteiger charge is 2.63. The summed E-state index contributed by atoms with van der Waals surface area (Å²) in [6.45, 7) is 4.36. The van der Waals surface area contributed by atoms with E-state index in [-0.39, 0.29) is 11.5 Å². The molecule has 0 N–H and O–H groups in total. The van der Waals surface area contributed by atoms with E-state index in [1.54, 1.807) is 0 Å². The average molecular weight is 355 g/mol. The Kier molecular flexibility index (Phi) is 3.46. The molecule has 1 spiro atoms. The molecule has 0 aliphatic carbocycles. The lowest BCUT2D eigenvalue weighted by Crippen LogP contribution is -2.40. The van der Waals surface area contributed by atoms with Crippen LogP contribution in [0.25, 0.3) is 11.1 Å². The largest absolute Gasteiger partial charge is 0.441 e. The molecule has 0 saturated carbocycles. The van der Waals surface area contributed by atoms with Gasteiger partial charge in [0.1, 0.15) is 5.52 Å². The minimum atomic E-state index is -0.117. The van der Waals surface area contributed by atoms with Gasteiger partial charge < -0.3 is 19.0 Å². The molecule has 3 fully saturated rings. The number of hydrogen-bond donors (Lipinski definition) is 0. The third-order valence-corrected chi connectivity index (χ3v) is 6.39. The lowest BCUT2D eigenvalue weighted by Gasteiger charge is -2.30.